The number of nitrogens with zero attached hydrogens (tertiary/aromatic N) is 4. The van der Waals surface area contributed by atoms with Crippen molar-refractivity contribution in [2.75, 3.05) is 26.7 Å². The van der Waals surface area contributed by atoms with Crippen molar-refractivity contribution in [3.05, 3.63) is 47.6 Å². The van der Waals surface area contributed by atoms with E-state index in [0.29, 0.717) is 12.4 Å². The van der Waals surface area contributed by atoms with Gasteiger partial charge in [0.25, 0.3) is 0 Å². The minimum absolute atomic E-state index is 0.151. The number of rotatable bonds is 5. The molecule has 2 unspecified atom stereocenters. The van der Waals surface area contributed by atoms with E-state index in [1.54, 1.807) is 6.92 Å². The third-order valence-corrected chi connectivity index (χ3v) is 4.93. The molecule has 0 bridgehead atoms. The van der Waals surface area contributed by atoms with Crippen LogP contribution >= 0.6 is 0 Å². The Labute approximate surface area is 148 Å². The van der Waals surface area contributed by atoms with Crippen LogP contribution in [-0.2, 0) is 4.79 Å². The molecule has 0 radical (unpaired) electrons. The van der Waals surface area contributed by atoms with Gasteiger partial charge in [-0.05, 0) is 32.0 Å². The van der Waals surface area contributed by atoms with Crippen LogP contribution in [0.3, 0.4) is 0 Å². The number of likely N-dealkylation sites (tertiary alicyclic amines) is 1. The molecule has 0 spiro atoms. The standard InChI is InChI=1S/C19H26N4O2/c1-4-22(3)17(15-9-6-5-7-10-15)19(24)23-12-8-11-16(13-23)18-20-14(2)25-21-18/h5-7,9-10,16-17H,4,8,11-13H2,1-3H3. The van der Waals surface area contributed by atoms with Gasteiger partial charge in [0, 0.05) is 25.9 Å². The zero-order valence-electron chi connectivity index (χ0n) is 15.2. The van der Waals surface area contributed by atoms with Gasteiger partial charge in [0.2, 0.25) is 11.8 Å². The number of carbonyl (C=O) groups excluding carboxylic acids is 1. The number of aromatic nitrogens is 2. The Balaban J connectivity index is 1.79. The predicted molar refractivity (Wildman–Crippen MR) is 95.1 cm³/mol. The molecule has 1 aliphatic rings. The quantitative estimate of drug-likeness (QED) is 0.836. The lowest BCUT2D eigenvalue weighted by Crippen LogP contribution is -2.45. The first-order chi connectivity index (χ1) is 12.1. The number of amides is 1. The van der Waals surface area contributed by atoms with Crippen molar-refractivity contribution in [1.82, 2.24) is 19.9 Å². The Kier molecular flexibility index (Phi) is 5.48. The molecule has 134 valence electrons. The van der Waals surface area contributed by atoms with Crippen LogP contribution in [0.15, 0.2) is 34.9 Å². The summed E-state index contributed by atoms with van der Waals surface area (Å²) in [4.78, 5) is 21.7. The minimum atomic E-state index is -0.253. The molecule has 1 aliphatic heterocycles. The minimum Gasteiger partial charge on any atom is -0.340 e. The van der Waals surface area contributed by atoms with Crippen molar-refractivity contribution in [1.29, 1.82) is 0 Å². The lowest BCUT2D eigenvalue weighted by Gasteiger charge is -2.36. The summed E-state index contributed by atoms with van der Waals surface area (Å²) in [6.45, 7) is 6.12. The Bertz CT molecular complexity index is 700. The molecule has 2 aromatic rings. The number of hydrogen-bond donors (Lipinski definition) is 0. The predicted octanol–water partition coefficient (Wildman–Crippen LogP) is 2.78. The molecule has 0 saturated carbocycles. The molecule has 3 rings (SSSR count). The van der Waals surface area contributed by atoms with E-state index in [2.05, 4.69) is 22.0 Å². The summed E-state index contributed by atoms with van der Waals surface area (Å²) >= 11 is 0. The van der Waals surface area contributed by atoms with Gasteiger partial charge in [-0.3, -0.25) is 9.69 Å². The van der Waals surface area contributed by atoms with E-state index in [-0.39, 0.29) is 17.9 Å². The van der Waals surface area contributed by atoms with Crippen molar-refractivity contribution in [2.24, 2.45) is 0 Å². The summed E-state index contributed by atoms with van der Waals surface area (Å²) in [6.07, 6.45) is 1.95. The largest absolute Gasteiger partial charge is 0.340 e. The normalized spacial score (nSPS) is 19.2. The number of likely N-dealkylation sites (N-methyl/N-ethyl adjacent to an activating group) is 1. The summed E-state index contributed by atoms with van der Waals surface area (Å²) in [5.74, 6) is 1.60. The maximum absolute atomic E-state index is 13.3. The van der Waals surface area contributed by atoms with Crippen molar-refractivity contribution in [3.8, 4) is 0 Å². The van der Waals surface area contributed by atoms with Gasteiger partial charge in [-0.1, -0.05) is 42.4 Å². The summed E-state index contributed by atoms with van der Waals surface area (Å²) in [7, 11) is 2.00. The second kappa shape index (κ2) is 7.78. The second-order valence-corrected chi connectivity index (χ2v) is 6.68. The van der Waals surface area contributed by atoms with Crippen LogP contribution in [0.5, 0.6) is 0 Å². The molecular weight excluding hydrogens is 316 g/mol. The van der Waals surface area contributed by atoms with E-state index in [1.807, 2.05) is 42.3 Å². The number of piperidine rings is 1. The van der Waals surface area contributed by atoms with E-state index >= 15 is 0 Å². The lowest BCUT2D eigenvalue weighted by atomic mass is 9.95. The van der Waals surface area contributed by atoms with E-state index in [4.69, 9.17) is 4.52 Å². The highest BCUT2D eigenvalue weighted by Crippen LogP contribution is 2.29. The van der Waals surface area contributed by atoms with Crippen molar-refractivity contribution in [3.63, 3.8) is 0 Å². The van der Waals surface area contributed by atoms with Crippen molar-refractivity contribution >= 4 is 5.91 Å². The molecule has 2 atom stereocenters. The number of benzene rings is 1. The average Bonchev–Trinajstić information content (AvgIpc) is 3.09. The highest BCUT2D eigenvalue weighted by atomic mass is 16.5. The van der Waals surface area contributed by atoms with Gasteiger partial charge >= 0.3 is 0 Å². The maximum Gasteiger partial charge on any atom is 0.244 e. The van der Waals surface area contributed by atoms with Gasteiger partial charge in [0.05, 0.1) is 0 Å². The molecular formula is C19H26N4O2. The van der Waals surface area contributed by atoms with Crippen LogP contribution in [0.4, 0.5) is 0 Å². The van der Waals surface area contributed by atoms with E-state index in [9.17, 15) is 4.79 Å². The monoisotopic (exact) mass is 342 g/mol. The zero-order valence-corrected chi connectivity index (χ0v) is 15.2. The molecule has 25 heavy (non-hydrogen) atoms. The van der Waals surface area contributed by atoms with E-state index in [1.165, 1.54) is 0 Å². The van der Waals surface area contributed by atoms with Gasteiger partial charge in [0.15, 0.2) is 5.82 Å². The number of aryl methyl sites for hydroxylation is 1. The van der Waals surface area contributed by atoms with Gasteiger partial charge in [0.1, 0.15) is 6.04 Å². The topological polar surface area (TPSA) is 62.5 Å². The zero-order chi connectivity index (χ0) is 17.8. The molecule has 1 fully saturated rings. The Morgan fingerprint density at radius 3 is 2.80 bits per heavy atom. The first-order valence-electron chi connectivity index (χ1n) is 8.94. The third-order valence-electron chi connectivity index (χ3n) is 4.93. The fourth-order valence-electron chi connectivity index (χ4n) is 3.45. The van der Waals surface area contributed by atoms with Crippen molar-refractivity contribution in [2.45, 2.75) is 38.6 Å². The molecule has 2 heterocycles. The molecule has 0 N–H and O–H groups in total. The average molecular weight is 342 g/mol. The molecule has 1 amide bonds. The van der Waals surface area contributed by atoms with Crippen LogP contribution in [0, 0.1) is 6.92 Å². The first kappa shape index (κ1) is 17.6. The fourth-order valence-corrected chi connectivity index (χ4v) is 3.45. The molecule has 0 aliphatic carbocycles. The Morgan fingerprint density at radius 1 is 1.40 bits per heavy atom. The summed E-state index contributed by atoms with van der Waals surface area (Å²) in [6, 6.07) is 9.75. The number of carbonyl (C=O) groups is 1. The highest BCUT2D eigenvalue weighted by molar-refractivity contribution is 5.83. The Morgan fingerprint density at radius 2 is 2.16 bits per heavy atom. The molecule has 1 aromatic heterocycles. The SMILES string of the molecule is CCN(C)C(C(=O)N1CCCC(c2noc(C)n2)C1)c1ccccc1. The third kappa shape index (κ3) is 3.90. The summed E-state index contributed by atoms with van der Waals surface area (Å²) < 4.78 is 5.11. The smallest absolute Gasteiger partial charge is 0.244 e. The Hall–Kier alpha value is -2.21. The number of hydrogen-bond acceptors (Lipinski definition) is 5. The summed E-state index contributed by atoms with van der Waals surface area (Å²) in [5.41, 5.74) is 1.04. The van der Waals surface area contributed by atoms with Crippen LogP contribution in [0.25, 0.3) is 0 Å². The van der Waals surface area contributed by atoms with Crippen LogP contribution in [0.1, 0.15) is 49.0 Å². The second-order valence-electron chi connectivity index (χ2n) is 6.68. The van der Waals surface area contributed by atoms with E-state index < -0.39 is 0 Å². The first-order valence-corrected chi connectivity index (χ1v) is 8.94. The van der Waals surface area contributed by atoms with Crippen LogP contribution in [-0.4, -0.2) is 52.5 Å². The lowest BCUT2D eigenvalue weighted by molar-refractivity contribution is -0.138. The van der Waals surface area contributed by atoms with E-state index in [0.717, 1.165) is 37.3 Å². The van der Waals surface area contributed by atoms with Gasteiger partial charge < -0.3 is 9.42 Å². The van der Waals surface area contributed by atoms with Gasteiger partial charge in [-0.15, -0.1) is 0 Å². The molecule has 6 nitrogen and oxygen atoms in total. The summed E-state index contributed by atoms with van der Waals surface area (Å²) in [5, 5.41) is 4.05. The highest BCUT2D eigenvalue weighted by Gasteiger charge is 2.33. The molecule has 1 saturated heterocycles. The molecule has 6 heteroatoms. The fraction of sp³-hybridized carbons (Fsp3) is 0.526. The van der Waals surface area contributed by atoms with Crippen molar-refractivity contribution < 1.29 is 9.32 Å². The molecule has 1 aromatic carbocycles. The van der Waals surface area contributed by atoms with Gasteiger partial charge in [-0.25, -0.2) is 0 Å². The van der Waals surface area contributed by atoms with Crippen LogP contribution in [0.2, 0.25) is 0 Å². The van der Waals surface area contributed by atoms with Gasteiger partial charge in [-0.2, -0.15) is 4.98 Å². The van der Waals surface area contributed by atoms with Crippen LogP contribution < -0.4 is 0 Å². The maximum atomic E-state index is 13.3.